The van der Waals surface area contributed by atoms with E-state index in [1.54, 1.807) is 0 Å². The number of aliphatic hydroxyl groups is 1. The van der Waals surface area contributed by atoms with Crippen molar-refractivity contribution < 1.29 is 9.84 Å². The molecule has 0 fully saturated rings. The molecule has 0 radical (unpaired) electrons. The zero-order valence-corrected chi connectivity index (χ0v) is 11.3. The molecule has 2 aromatic rings. The fraction of sp³-hybridized carbons (Fsp3) is 0.167. The van der Waals surface area contributed by atoms with E-state index in [-0.39, 0.29) is 0 Å². The Morgan fingerprint density at radius 1 is 1.05 bits per heavy atom. The third-order valence-electron chi connectivity index (χ3n) is 3.04. The molecule has 0 aliphatic carbocycles. The first-order chi connectivity index (χ1) is 9.81. The zero-order chi connectivity index (χ0) is 14.2. The Labute approximate surface area is 119 Å². The molecule has 0 aromatic heterocycles. The van der Waals surface area contributed by atoms with Crippen molar-refractivity contribution >= 4 is 0 Å². The van der Waals surface area contributed by atoms with Crippen molar-refractivity contribution in [3.8, 4) is 0 Å². The Hall–Kier alpha value is -2.12. The molecule has 0 amide bonds. The number of ether oxygens (including phenoxy) is 1. The summed E-state index contributed by atoms with van der Waals surface area (Å²) in [5.41, 5.74) is 5.35. The van der Waals surface area contributed by atoms with Gasteiger partial charge in [-0.2, -0.15) is 0 Å². The molecule has 1 atom stereocenters. The van der Waals surface area contributed by atoms with Gasteiger partial charge in [0.2, 0.25) is 0 Å². The van der Waals surface area contributed by atoms with Gasteiger partial charge in [-0.1, -0.05) is 67.2 Å². The highest BCUT2D eigenvalue weighted by molar-refractivity contribution is 5.25. The molecule has 20 heavy (non-hydrogen) atoms. The van der Waals surface area contributed by atoms with Crippen molar-refractivity contribution in [2.24, 2.45) is 0 Å². The first-order valence-corrected chi connectivity index (χ1v) is 6.54. The lowest BCUT2D eigenvalue weighted by atomic mass is 10.0. The second-order valence-corrected chi connectivity index (χ2v) is 4.49. The van der Waals surface area contributed by atoms with Crippen LogP contribution in [0.15, 0.2) is 78.5 Å². The third kappa shape index (κ3) is 3.94. The van der Waals surface area contributed by atoms with E-state index < -0.39 is 6.10 Å². The van der Waals surface area contributed by atoms with Gasteiger partial charge < -0.3 is 9.84 Å². The van der Waals surface area contributed by atoms with Crippen molar-refractivity contribution in [2.75, 3.05) is 6.61 Å². The minimum Gasteiger partial charge on any atom is -0.383 e. The molecule has 0 bridgehead atoms. The van der Waals surface area contributed by atoms with Gasteiger partial charge in [-0.05, 0) is 11.1 Å². The molecule has 0 heterocycles. The molecule has 1 N–H and O–H groups in total. The monoisotopic (exact) mass is 266 g/mol. The first kappa shape index (κ1) is 14.3. The highest BCUT2D eigenvalue weighted by Gasteiger charge is 2.12. The minimum atomic E-state index is -0.718. The van der Waals surface area contributed by atoms with E-state index in [1.807, 2.05) is 60.7 Å². The van der Waals surface area contributed by atoms with Crippen LogP contribution in [0.2, 0.25) is 0 Å². The molecule has 2 rings (SSSR count). The molecule has 0 saturated heterocycles. The zero-order valence-electron chi connectivity index (χ0n) is 11.3. The van der Waals surface area contributed by atoms with Gasteiger partial charge in [0.25, 0.3) is 0 Å². The quantitative estimate of drug-likeness (QED) is 0.809. The summed E-state index contributed by atoms with van der Waals surface area (Å²) in [7, 11) is 0. The lowest BCUT2D eigenvalue weighted by Crippen LogP contribution is -2.07. The van der Waals surface area contributed by atoms with Crippen LogP contribution in [0.5, 0.6) is 0 Å². The van der Waals surface area contributed by atoms with Crippen molar-refractivity contribution in [3.63, 3.8) is 0 Å². The average Bonchev–Trinajstić information content (AvgIpc) is 2.53. The van der Waals surface area contributed by atoms with Gasteiger partial charge in [0.05, 0.1) is 13.2 Å². The summed E-state index contributed by atoms with van der Waals surface area (Å²) in [5.74, 6) is 0. The summed E-state index contributed by atoms with van der Waals surface area (Å²) in [4.78, 5) is 0. The topological polar surface area (TPSA) is 29.5 Å². The smallest absolute Gasteiger partial charge is 0.110 e. The fourth-order valence-corrected chi connectivity index (χ4v) is 1.92. The first-order valence-electron chi connectivity index (χ1n) is 6.54. The second-order valence-electron chi connectivity index (χ2n) is 4.49. The number of hydrogen-bond acceptors (Lipinski definition) is 2. The van der Waals surface area contributed by atoms with Crippen LogP contribution in [-0.4, -0.2) is 11.7 Å². The van der Waals surface area contributed by atoms with Gasteiger partial charge in [-0.3, -0.25) is 0 Å². The largest absolute Gasteiger partial charge is 0.383 e. The number of hydrogen-bond donors (Lipinski definition) is 1. The maximum atomic E-state index is 10.3. The van der Waals surface area contributed by atoms with E-state index in [0.29, 0.717) is 18.8 Å². The van der Waals surface area contributed by atoms with Crippen LogP contribution in [0.3, 0.4) is 0 Å². The molecule has 2 nitrogen and oxygen atoms in total. The lowest BCUT2D eigenvalue weighted by molar-refractivity contribution is 0.116. The van der Waals surface area contributed by atoms with Crippen molar-refractivity contribution in [1.82, 2.24) is 0 Å². The van der Waals surface area contributed by atoms with Crippen molar-refractivity contribution in [2.45, 2.75) is 12.7 Å². The lowest BCUT2D eigenvalue weighted by Gasteiger charge is -2.14. The van der Waals surface area contributed by atoms with E-state index in [1.165, 1.54) is 0 Å². The molecule has 0 aliphatic heterocycles. The van der Waals surface area contributed by atoms with E-state index in [4.69, 9.17) is 4.74 Å². The molecular formula is C18H18O2. The fourth-order valence-electron chi connectivity index (χ4n) is 1.92. The van der Waals surface area contributed by atoms with Gasteiger partial charge >= 0.3 is 0 Å². The van der Waals surface area contributed by atoms with E-state index in [0.717, 1.165) is 11.1 Å². The molecular weight excluding hydrogens is 248 g/mol. The summed E-state index contributed by atoms with van der Waals surface area (Å²) in [6.07, 6.45) is -0.718. The van der Waals surface area contributed by atoms with E-state index >= 15 is 0 Å². The standard InChI is InChI=1S/C18H18O2/c1-2-16(18(19)17-11-7-4-8-12-17)14-20-13-15-9-5-3-6-10-15/h3-12,18-19H,1,13-14H2/t18-/m0/s1. The summed E-state index contributed by atoms with van der Waals surface area (Å²) in [6, 6.07) is 19.4. The van der Waals surface area contributed by atoms with Crippen LogP contribution in [0.1, 0.15) is 17.2 Å². The third-order valence-corrected chi connectivity index (χ3v) is 3.04. The van der Waals surface area contributed by atoms with Crippen LogP contribution in [0.25, 0.3) is 0 Å². The molecule has 0 spiro atoms. The van der Waals surface area contributed by atoms with Crippen molar-refractivity contribution in [3.05, 3.63) is 89.7 Å². The Balaban J connectivity index is 1.92. The highest BCUT2D eigenvalue weighted by atomic mass is 16.5. The maximum Gasteiger partial charge on any atom is 0.110 e. The van der Waals surface area contributed by atoms with Gasteiger partial charge in [0, 0.05) is 5.57 Å². The Bertz CT molecular complexity index is 569. The summed E-state index contributed by atoms with van der Waals surface area (Å²) in [5, 5.41) is 10.3. The van der Waals surface area contributed by atoms with Crippen molar-refractivity contribution in [1.29, 1.82) is 0 Å². The van der Waals surface area contributed by atoms with Crippen LogP contribution in [0, 0.1) is 0 Å². The molecule has 2 aromatic carbocycles. The van der Waals surface area contributed by atoms with Crippen LogP contribution >= 0.6 is 0 Å². The van der Waals surface area contributed by atoms with E-state index in [2.05, 4.69) is 12.3 Å². The average molecular weight is 266 g/mol. The maximum absolute atomic E-state index is 10.3. The predicted molar refractivity (Wildman–Crippen MR) is 80.2 cm³/mol. The number of benzene rings is 2. The number of aliphatic hydroxyl groups excluding tert-OH is 1. The minimum absolute atomic E-state index is 0.314. The van der Waals surface area contributed by atoms with Gasteiger partial charge in [-0.15, -0.1) is 5.73 Å². The predicted octanol–water partition coefficient (Wildman–Crippen LogP) is 3.65. The Morgan fingerprint density at radius 2 is 1.65 bits per heavy atom. The number of rotatable bonds is 6. The molecule has 102 valence electrons. The summed E-state index contributed by atoms with van der Waals surface area (Å²) < 4.78 is 5.62. The van der Waals surface area contributed by atoms with Gasteiger partial charge in [0.1, 0.15) is 6.10 Å². The molecule has 2 heteroatoms. The SMILES string of the molecule is C=C=C(COCc1ccccc1)[C@H](O)c1ccccc1. The normalized spacial score (nSPS) is 11.7. The molecule has 0 unspecified atom stereocenters. The summed E-state index contributed by atoms with van der Waals surface area (Å²) >= 11 is 0. The van der Waals surface area contributed by atoms with Crippen LogP contribution in [0.4, 0.5) is 0 Å². The second kappa shape index (κ2) is 7.46. The van der Waals surface area contributed by atoms with Crippen LogP contribution in [-0.2, 0) is 11.3 Å². The van der Waals surface area contributed by atoms with Gasteiger partial charge in [-0.25, -0.2) is 0 Å². The van der Waals surface area contributed by atoms with Crippen LogP contribution < -0.4 is 0 Å². The highest BCUT2D eigenvalue weighted by Crippen LogP contribution is 2.20. The van der Waals surface area contributed by atoms with Gasteiger partial charge in [0.15, 0.2) is 0 Å². The molecule has 0 aliphatic rings. The Morgan fingerprint density at radius 3 is 2.25 bits per heavy atom. The summed E-state index contributed by atoms with van der Waals surface area (Å²) in [6.45, 7) is 4.45. The Kier molecular flexibility index (Phi) is 5.33. The van der Waals surface area contributed by atoms with E-state index in [9.17, 15) is 5.11 Å². The molecule has 0 saturated carbocycles.